The van der Waals surface area contributed by atoms with Crippen LogP contribution >= 0.6 is 0 Å². The fourth-order valence-corrected chi connectivity index (χ4v) is 8.73. The minimum atomic E-state index is -3.67. The van der Waals surface area contributed by atoms with Crippen LogP contribution in [0.2, 0.25) is 0 Å². The van der Waals surface area contributed by atoms with Crippen molar-refractivity contribution in [1.82, 2.24) is 29.8 Å². The van der Waals surface area contributed by atoms with E-state index in [9.17, 15) is 13.2 Å². The molecule has 4 aliphatic carbocycles. The molecular weight excluding hydrogens is 440 g/mol. The molecule has 2 heterocycles. The molecule has 4 bridgehead atoms. The lowest BCUT2D eigenvalue weighted by atomic mass is 9.53. The Bertz CT molecular complexity index is 1100. The monoisotopic (exact) mass is 470 g/mol. The molecule has 1 atom stereocenters. The third kappa shape index (κ3) is 3.86. The van der Waals surface area contributed by atoms with Crippen molar-refractivity contribution in [2.75, 3.05) is 13.1 Å². The zero-order chi connectivity index (χ0) is 22.6. The number of amides is 1. The SMILES string of the molecule is O=C(NC12CC3CC(CC(C3)C1)C2)[C@@H]1CCCN(S(=O)(=O)c2ccc(-n3cnnn3)cc2)C1. The molecule has 176 valence electrons. The van der Waals surface area contributed by atoms with Crippen LogP contribution in [0.15, 0.2) is 35.5 Å². The van der Waals surface area contributed by atoms with Crippen LogP contribution in [-0.2, 0) is 14.8 Å². The maximum Gasteiger partial charge on any atom is 0.243 e. The van der Waals surface area contributed by atoms with Gasteiger partial charge in [-0.05, 0) is 104 Å². The number of nitrogens with one attached hydrogen (secondary N) is 1. The van der Waals surface area contributed by atoms with Crippen molar-refractivity contribution in [3.63, 3.8) is 0 Å². The normalized spacial score (nSPS) is 33.8. The van der Waals surface area contributed by atoms with Crippen molar-refractivity contribution in [3.8, 4) is 5.69 Å². The lowest BCUT2D eigenvalue weighted by Gasteiger charge is -2.57. The van der Waals surface area contributed by atoms with Gasteiger partial charge in [0.2, 0.25) is 15.9 Å². The number of hydrogen-bond donors (Lipinski definition) is 1. The van der Waals surface area contributed by atoms with Gasteiger partial charge in [-0.3, -0.25) is 4.79 Å². The molecule has 1 amide bonds. The van der Waals surface area contributed by atoms with Gasteiger partial charge in [-0.15, -0.1) is 5.10 Å². The number of sulfonamides is 1. The number of hydrogen-bond acceptors (Lipinski definition) is 6. The summed E-state index contributed by atoms with van der Waals surface area (Å²) in [7, 11) is -3.67. The topological polar surface area (TPSA) is 110 Å². The second-order valence-electron chi connectivity index (χ2n) is 10.6. The first-order valence-electron chi connectivity index (χ1n) is 12.1. The quantitative estimate of drug-likeness (QED) is 0.717. The molecule has 4 saturated carbocycles. The van der Waals surface area contributed by atoms with E-state index < -0.39 is 10.0 Å². The zero-order valence-corrected chi connectivity index (χ0v) is 19.5. The Kier molecular flexibility index (Phi) is 5.06. The molecule has 33 heavy (non-hydrogen) atoms. The van der Waals surface area contributed by atoms with Crippen molar-refractivity contribution in [2.24, 2.45) is 23.7 Å². The molecule has 1 aromatic heterocycles. The van der Waals surface area contributed by atoms with Crippen LogP contribution in [0.5, 0.6) is 0 Å². The molecule has 2 aromatic rings. The number of carbonyl (C=O) groups excluding carboxylic acids is 1. The predicted octanol–water partition coefficient (Wildman–Crippen LogP) is 2.15. The maximum atomic E-state index is 13.3. The molecule has 7 rings (SSSR count). The minimum absolute atomic E-state index is 0.0426. The smallest absolute Gasteiger partial charge is 0.243 e. The molecule has 0 spiro atoms. The van der Waals surface area contributed by atoms with E-state index in [2.05, 4.69) is 20.8 Å². The summed E-state index contributed by atoms with van der Waals surface area (Å²) in [6, 6.07) is 6.52. The minimum Gasteiger partial charge on any atom is -0.350 e. The van der Waals surface area contributed by atoms with E-state index in [1.807, 2.05) is 0 Å². The summed E-state index contributed by atoms with van der Waals surface area (Å²) < 4.78 is 29.6. The van der Waals surface area contributed by atoms with Gasteiger partial charge in [0.15, 0.2) is 0 Å². The number of tetrazole rings is 1. The summed E-state index contributed by atoms with van der Waals surface area (Å²) in [5.41, 5.74) is 0.643. The molecule has 10 heteroatoms. The molecule has 1 N–H and O–H groups in total. The summed E-state index contributed by atoms with van der Waals surface area (Å²) >= 11 is 0. The summed E-state index contributed by atoms with van der Waals surface area (Å²) in [5, 5.41) is 14.5. The van der Waals surface area contributed by atoms with Crippen LogP contribution in [0.25, 0.3) is 5.69 Å². The lowest BCUT2D eigenvalue weighted by Crippen LogP contribution is -2.61. The van der Waals surface area contributed by atoms with Gasteiger partial charge in [-0.2, -0.15) is 4.31 Å². The number of carbonyl (C=O) groups is 1. The van der Waals surface area contributed by atoms with Crippen LogP contribution in [0, 0.1) is 23.7 Å². The Balaban J connectivity index is 1.15. The standard InChI is InChI=1S/C23H30N6O3S/c30-22(25-23-11-16-8-17(12-23)10-18(9-16)13-23)19-2-1-7-28(14-19)33(31,32)21-5-3-20(4-6-21)29-15-24-26-27-29/h3-6,15-19H,1-2,7-14H2,(H,25,30)/t16?,17?,18?,19-,23?/m1/s1. The summed E-state index contributed by atoms with van der Waals surface area (Å²) in [6.45, 7) is 0.688. The Morgan fingerprint density at radius 1 is 1.03 bits per heavy atom. The third-order valence-electron chi connectivity index (χ3n) is 8.27. The van der Waals surface area contributed by atoms with Crippen molar-refractivity contribution < 1.29 is 13.2 Å². The zero-order valence-electron chi connectivity index (χ0n) is 18.6. The van der Waals surface area contributed by atoms with Crippen LogP contribution in [0.3, 0.4) is 0 Å². The van der Waals surface area contributed by atoms with Gasteiger partial charge in [0.1, 0.15) is 6.33 Å². The van der Waals surface area contributed by atoms with E-state index in [1.54, 1.807) is 24.3 Å². The molecule has 0 unspecified atom stereocenters. The van der Waals surface area contributed by atoms with Gasteiger partial charge in [0.25, 0.3) is 0 Å². The first kappa shape index (κ1) is 21.2. The highest BCUT2D eigenvalue weighted by molar-refractivity contribution is 7.89. The van der Waals surface area contributed by atoms with Gasteiger partial charge in [0.05, 0.1) is 16.5 Å². The molecular formula is C23H30N6O3S. The Labute approximate surface area is 194 Å². The van der Waals surface area contributed by atoms with Gasteiger partial charge in [0, 0.05) is 18.6 Å². The average molecular weight is 471 g/mol. The van der Waals surface area contributed by atoms with Gasteiger partial charge in [-0.1, -0.05) is 0 Å². The van der Waals surface area contributed by atoms with Gasteiger partial charge in [-0.25, -0.2) is 13.1 Å². The van der Waals surface area contributed by atoms with Crippen LogP contribution in [0.1, 0.15) is 51.4 Å². The van der Waals surface area contributed by atoms with Gasteiger partial charge < -0.3 is 5.32 Å². The fraction of sp³-hybridized carbons (Fsp3) is 0.652. The Hall–Kier alpha value is -2.33. The highest BCUT2D eigenvalue weighted by Crippen LogP contribution is 2.55. The van der Waals surface area contributed by atoms with E-state index >= 15 is 0 Å². The highest BCUT2D eigenvalue weighted by Gasteiger charge is 2.52. The molecule has 1 saturated heterocycles. The largest absolute Gasteiger partial charge is 0.350 e. The van der Waals surface area contributed by atoms with Crippen molar-refractivity contribution in [1.29, 1.82) is 0 Å². The van der Waals surface area contributed by atoms with Crippen LogP contribution < -0.4 is 5.32 Å². The number of rotatable bonds is 5. The maximum absolute atomic E-state index is 13.3. The molecule has 9 nitrogen and oxygen atoms in total. The fourth-order valence-electron chi connectivity index (χ4n) is 7.20. The second kappa shape index (κ2) is 7.87. The molecule has 1 aromatic carbocycles. The molecule has 5 fully saturated rings. The van der Waals surface area contributed by atoms with Crippen molar-refractivity contribution in [3.05, 3.63) is 30.6 Å². The molecule has 0 radical (unpaired) electrons. The molecule has 1 aliphatic heterocycles. The van der Waals surface area contributed by atoms with Gasteiger partial charge >= 0.3 is 0 Å². The Morgan fingerprint density at radius 3 is 2.30 bits per heavy atom. The van der Waals surface area contributed by atoms with E-state index in [4.69, 9.17) is 0 Å². The van der Waals surface area contributed by atoms with Crippen LogP contribution in [0.4, 0.5) is 0 Å². The van der Waals surface area contributed by atoms with E-state index in [1.165, 1.54) is 34.6 Å². The first-order valence-corrected chi connectivity index (χ1v) is 13.5. The Morgan fingerprint density at radius 2 is 1.70 bits per heavy atom. The first-order chi connectivity index (χ1) is 15.9. The number of benzene rings is 1. The second-order valence-corrected chi connectivity index (χ2v) is 12.6. The van der Waals surface area contributed by atoms with E-state index in [0.29, 0.717) is 18.7 Å². The van der Waals surface area contributed by atoms with Crippen molar-refractivity contribution >= 4 is 15.9 Å². The van der Waals surface area contributed by atoms with Crippen LogP contribution in [-0.4, -0.2) is 57.5 Å². The average Bonchev–Trinajstić information content (AvgIpc) is 3.33. The molecule has 5 aliphatic rings. The number of nitrogens with zero attached hydrogens (tertiary/aromatic N) is 5. The predicted molar refractivity (Wildman–Crippen MR) is 120 cm³/mol. The number of piperidine rings is 1. The van der Waals surface area contributed by atoms with E-state index in [0.717, 1.165) is 43.4 Å². The highest BCUT2D eigenvalue weighted by atomic mass is 32.2. The number of aromatic nitrogens is 4. The summed E-state index contributed by atoms with van der Waals surface area (Å²) in [5.74, 6) is 2.04. The summed E-state index contributed by atoms with van der Waals surface area (Å²) in [4.78, 5) is 13.5. The summed E-state index contributed by atoms with van der Waals surface area (Å²) in [6.07, 6.45) is 10.2. The third-order valence-corrected chi connectivity index (χ3v) is 10.1. The van der Waals surface area contributed by atoms with E-state index in [-0.39, 0.29) is 28.8 Å². The van der Waals surface area contributed by atoms with Crippen molar-refractivity contribution in [2.45, 2.75) is 61.8 Å². The lowest BCUT2D eigenvalue weighted by molar-refractivity contribution is -0.131.